The van der Waals surface area contributed by atoms with E-state index >= 15 is 0 Å². The summed E-state index contributed by atoms with van der Waals surface area (Å²) >= 11 is -1.77. The van der Waals surface area contributed by atoms with E-state index in [0.717, 1.165) is 12.8 Å². The molecule has 5 heteroatoms. The Labute approximate surface area is 100 Å². The molecule has 16 heavy (non-hydrogen) atoms. The van der Waals surface area contributed by atoms with Gasteiger partial charge in [-0.1, -0.05) is 20.3 Å². The van der Waals surface area contributed by atoms with Gasteiger partial charge in [0.25, 0.3) is 0 Å². The van der Waals surface area contributed by atoms with Gasteiger partial charge >= 0.3 is 0 Å². The molecule has 5 atom stereocenters. The van der Waals surface area contributed by atoms with Crippen molar-refractivity contribution < 1.29 is 8.76 Å². The van der Waals surface area contributed by atoms with Gasteiger partial charge in [-0.3, -0.25) is 5.43 Å². The van der Waals surface area contributed by atoms with Crippen molar-refractivity contribution in [1.82, 2.24) is 10.4 Å². The monoisotopic (exact) mass is 246 g/mol. The van der Waals surface area contributed by atoms with E-state index in [1.807, 2.05) is 0 Å². The zero-order valence-corrected chi connectivity index (χ0v) is 11.0. The Morgan fingerprint density at radius 3 is 2.31 bits per heavy atom. The van der Waals surface area contributed by atoms with Crippen LogP contribution in [0, 0.1) is 11.8 Å². The molecule has 1 saturated carbocycles. The second kappa shape index (κ2) is 4.72. The summed E-state index contributed by atoms with van der Waals surface area (Å²) in [5.41, 5.74) is 3.41. The van der Waals surface area contributed by atoms with Crippen LogP contribution in [0.3, 0.4) is 0 Å². The first kappa shape index (κ1) is 12.5. The first-order chi connectivity index (χ1) is 7.52. The molecule has 0 aromatic rings. The fourth-order valence-corrected chi connectivity index (χ4v) is 3.70. The minimum absolute atomic E-state index is 0.252. The molecule has 0 spiro atoms. The summed E-state index contributed by atoms with van der Waals surface area (Å²) < 4.78 is 21.0. The minimum Gasteiger partial charge on any atom is -0.305 e. The molecular weight excluding hydrogens is 224 g/mol. The molecule has 2 aliphatic rings. The van der Waals surface area contributed by atoms with Crippen LogP contribution in [0.25, 0.3) is 0 Å². The molecule has 0 bridgehead atoms. The van der Waals surface area contributed by atoms with E-state index in [4.69, 9.17) is 0 Å². The fourth-order valence-electron chi connectivity index (χ4n) is 2.65. The summed E-state index contributed by atoms with van der Waals surface area (Å²) in [6, 6.07) is 0.842. The first-order valence-corrected chi connectivity index (χ1v) is 7.33. The molecule has 94 valence electrons. The average Bonchev–Trinajstić information content (AvgIpc) is 2.11. The molecule has 0 aromatic heterocycles. The van der Waals surface area contributed by atoms with E-state index in [1.54, 1.807) is 0 Å². The smallest absolute Gasteiger partial charge is 0.172 e. The van der Waals surface area contributed by atoms with Gasteiger partial charge in [0.1, 0.15) is 5.37 Å². The molecule has 2 N–H and O–H groups in total. The lowest BCUT2D eigenvalue weighted by atomic mass is 9.85. The Hall–Kier alpha value is 0.0300. The van der Waals surface area contributed by atoms with Crippen LogP contribution < -0.4 is 5.43 Å². The highest BCUT2D eigenvalue weighted by atomic mass is 32.2. The molecule has 5 unspecified atom stereocenters. The van der Waals surface area contributed by atoms with Crippen molar-refractivity contribution in [2.75, 3.05) is 0 Å². The van der Waals surface area contributed by atoms with Gasteiger partial charge < -0.3 is 4.55 Å². The molecule has 0 amide bonds. The van der Waals surface area contributed by atoms with Crippen LogP contribution in [-0.4, -0.2) is 31.2 Å². The summed E-state index contributed by atoms with van der Waals surface area (Å²) in [6.45, 7) is 6.40. The third-order valence-corrected chi connectivity index (χ3v) is 5.44. The van der Waals surface area contributed by atoms with Gasteiger partial charge in [0.05, 0.1) is 0 Å². The summed E-state index contributed by atoms with van der Waals surface area (Å²) in [5.74, 6) is 0.681. The number of nitrogens with one attached hydrogen (secondary N) is 1. The van der Waals surface area contributed by atoms with Gasteiger partial charge in [-0.2, -0.15) is 0 Å². The van der Waals surface area contributed by atoms with Crippen molar-refractivity contribution in [3.8, 4) is 0 Å². The molecule has 0 aromatic carbocycles. The third-order valence-electron chi connectivity index (χ3n) is 4.37. The molecule has 1 aliphatic carbocycles. The van der Waals surface area contributed by atoms with Crippen molar-refractivity contribution in [2.45, 2.75) is 57.5 Å². The second-order valence-corrected chi connectivity index (χ2v) is 6.33. The molecule has 2 fully saturated rings. The Bertz CT molecular complexity index is 283. The standard InChI is InChI=1S/C11H22N2O2S/c1-7-8(2)11(16(14)15)13(12-9(7)3)10-5-4-6-10/h7-12H,4-6H2,1-3H3,(H,14,15). The Kier molecular flexibility index (Phi) is 3.69. The van der Waals surface area contributed by atoms with Crippen molar-refractivity contribution in [3.05, 3.63) is 0 Å². The predicted octanol–water partition coefficient (Wildman–Crippen LogP) is 1.57. The molecule has 1 aliphatic heterocycles. The number of rotatable bonds is 2. The Morgan fingerprint density at radius 1 is 1.25 bits per heavy atom. The number of nitrogens with zero attached hydrogens (tertiary/aromatic N) is 1. The number of hydrazine groups is 1. The van der Waals surface area contributed by atoms with Crippen LogP contribution in [-0.2, 0) is 11.1 Å². The zero-order chi connectivity index (χ0) is 11.9. The van der Waals surface area contributed by atoms with Crippen LogP contribution in [0.5, 0.6) is 0 Å². The highest BCUT2D eigenvalue weighted by molar-refractivity contribution is 7.79. The molecule has 4 nitrogen and oxygen atoms in total. The van der Waals surface area contributed by atoms with Crippen molar-refractivity contribution in [1.29, 1.82) is 0 Å². The van der Waals surface area contributed by atoms with Crippen LogP contribution in [0.1, 0.15) is 40.0 Å². The molecule has 1 heterocycles. The highest BCUT2D eigenvalue weighted by Crippen LogP contribution is 2.34. The van der Waals surface area contributed by atoms with Crippen molar-refractivity contribution in [2.24, 2.45) is 11.8 Å². The third kappa shape index (κ3) is 2.06. The highest BCUT2D eigenvalue weighted by Gasteiger charge is 2.44. The SMILES string of the molecule is CC1NN(C2CCC2)C(S(=O)O)C(C)C1C. The van der Waals surface area contributed by atoms with E-state index in [1.165, 1.54) is 6.42 Å². The van der Waals surface area contributed by atoms with Gasteiger partial charge in [-0.25, -0.2) is 9.22 Å². The summed E-state index contributed by atoms with van der Waals surface area (Å²) in [5, 5.41) is 1.81. The molecule has 0 radical (unpaired) electrons. The van der Waals surface area contributed by atoms with E-state index in [2.05, 4.69) is 31.2 Å². The lowest BCUT2D eigenvalue weighted by molar-refractivity contribution is -0.0342. The van der Waals surface area contributed by atoms with E-state index in [-0.39, 0.29) is 11.3 Å². The maximum atomic E-state index is 11.5. The zero-order valence-electron chi connectivity index (χ0n) is 10.2. The van der Waals surface area contributed by atoms with Crippen molar-refractivity contribution in [3.63, 3.8) is 0 Å². The topological polar surface area (TPSA) is 52.6 Å². The van der Waals surface area contributed by atoms with Crippen LogP contribution >= 0.6 is 0 Å². The maximum absolute atomic E-state index is 11.5. The average molecular weight is 246 g/mol. The van der Waals surface area contributed by atoms with E-state index in [0.29, 0.717) is 18.0 Å². The Balaban J connectivity index is 2.16. The first-order valence-electron chi connectivity index (χ1n) is 6.16. The van der Waals surface area contributed by atoms with Gasteiger partial charge in [-0.15, -0.1) is 0 Å². The lowest BCUT2D eigenvalue weighted by Gasteiger charge is -2.50. The Morgan fingerprint density at radius 2 is 1.88 bits per heavy atom. The van der Waals surface area contributed by atoms with Gasteiger partial charge in [0.15, 0.2) is 11.1 Å². The van der Waals surface area contributed by atoms with Gasteiger partial charge in [0.2, 0.25) is 0 Å². The van der Waals surface area contributed by atoms with Crippen LogP contribution in [0.15, 0.2) is 0 Å². The maximum Gasteiger partial charge on any atom is 0.172 e. The summed E-state index contributed by atoms with van der Waals surface area (Å²) in [7, 11) is 0. The summed E-state index contributed by atoms with van der Waals surface area (Å²) in [6.07, 6.45) is 3.54. The summed E-state index contributed by atoms with van der Waals surface area (Å²) in [4.78, 5) is 0. The normalized spacial score (nSPS) is 44.0. The van der Waals surface area contributed by atoms with E-state index < -0.39 is 11.1 Å². The predicted molar refractivity (Wildman–Crippen MR) is 65.0 cm³/mol. The second-order valence-electron chi connectivity index (χ2n) is 5.29. The van der Waals surface area contributed by atoms with Gasteiger partial charge in [0, 0.05) is 12.1 Å². The van der Waals surface area contributed by atoms with Crippen LogP contribution in [0.2, 0.25) is 0 Å². The van der Waals surface area contributed by atoms with Crippen molar-refractivity contribution >= 4 is 11.1 Å². The minimum atomic E-state index is -1.77. The fraction of sp³-hybridized carbons (Fsp3) is 1.00. The molecular formula is C11H22N2O2S. The number of hydrogen-bond donors (Lipinski definition) is 2. The molecule has 1 saturated heterocycles. The molecule has 2 rings (SSSR count). The van der Waals surface area contributed by atoms with Crippen LogP contribution in [0.4, 0.5) is 0 Å². The lowest BCUT2D eigenvalue weighted by Crippen LogP contribution is -2.66. The number of hydrogen-bond acceptors (Lipinski definition) is 3. The van der Waals surface area contributed by atoms with Gasteiger partial charge in [-0.05, 0) is 31.6 Å². The quantitative estimate of drug-likeness (QED) is 0.726. The largest absolute Gasteiger partial charge is 0.305 e. The van der Waals surface area contributed by atoms with E-state index in [9.17, 15) is 8.76 Å².